The summed E-state index contributed by atoms with van der Waals surface area (Å²) in [7, 11) is 0. The van der Waals surface area contributed by atoms with Crippen LogP contribution in [0.4, 0.5) is 5.69 Å². The van der Waals surface area contributed by atoms with Crippen molar-refractivity contribution < 1.29 is 14.4 Å². The molecule has 3 heterocycles. The molecule has 2 aromatic rings. The number of nitrogens with one attached hydrogen (secondary N) is 3. The second kappa shape index (κ2) is 11.3. The van der Waals surface area contributed by atoms with Crippen molar-refractivity contribution in [2.24, 2.45) is 4.99 Å². The van der Waals surface area contributed by atoms with E-state index in [1.54, 1.807) is 24.3 Å². The van der Waals surface area contributed by atoms with Gasteiger partial charge in [0.25, 0.3) is 11.8 Å². The van der Waals surface area contributed by atoms with Crippen molar-refractivity contribution in [2.45, 2.75) is 50.7 Å². The average molecular weight is 483 g/mol. The van der Waals surface area contributed by atoms with Crippen LogP contribution in [0.3, 0.4) is 0 Å². The molecule has 4 rings (SSSR count). The van der Waals surface area contributed by atoms with Crippen LogP contribution in [0.25, 0.3) is 0 Å². The summed E-state index contributed by atoms with van der Waals surface area (Å²) in [6, 6.07) is 6.81. The zero-order valence-electron chi connectivity index (χ0n) is 19.3. The molecular weight excluding hydrogens is 452 g/mol. The Morgan fingerprint density at radius 3 is 2.82 bits per heavy atom. The highest BCUT2D eigenvalue weighted by Crippen LogP contribution is 2.29. The lowest BCUT2D eigenvalue weighted by Crippen LogP contribution is -2.33. The van der Waals surface area contributed by atoms with Crippen LogP contribution in [0.5, 0.6) is 0 Å². The summed E-state index contributed by atoms with van der Waals surface area (Å²) in [5, 5.41) is 12.9. The number of aromatic amines is 1. The molecule has 2 aliphatic rings. The molecule has 0 bridgehead atoms. The molecule has 0 spiro atoms. The predicted octanol–water partition coefficient (Wildman–Crippen LogP) is 2.89. The second-order valence-electron chi connectivity index (χ2n) is 8.60. The number of carbonyl (C=O) groups is 3. The summed E-state index contributed by atoms with van der Waals surface area (Å²) < 4.78 is 0. The summed E-state index contributed by atoms with van der Waals surface area (Å²) in [5.74, 6) is -0.713. The molecule has 1 fully saturated rings. The van der Waals surface area contributed by atoms with Crippen molar-refractivity contribution in [3.05, 3.63) is 47.3 Å². The average Bonchev–Trinajstić information content (AvgIpc) is 3.42. The van der Waals surface area contributed by atoms with Gasteiger partial charge in [-0.05, 0) is 62.8 Å². The highest BCUT2D eigenvalue weighted by atomic mass is 32.2. The number of hydrogen-bond acceptors (Lipinski definition) is 6. The van der Waals surface area contributed by atoms with Gasteiger partial charge in [-0.1, -0.05) is 17.8 Å². The molecule has 180 valence electrons. The lowest BCUT2D eigenvalue weighted by atomic mass is 10.1. The SMILES string of the molecule is Cc1[nH]ncc1CCCNC(=O)c1cccc(NC(=O)CC2SC(N3CCCCC3)=NC2=O)c1. The van der Waals surface area contributed by atoms with Gasteiger partial charge in [-0.2, -0.15) is 10.1 Å². The van der Waals surface area contributed by atoms with Crippen molar-refractivity contribution in [3.63, 3.8) is 0 Å². The first-order valence-electron chi connectivity index (χ1n) is 11.7. The van der Waals surface area contributed by atoms with E-state index in [-0.39, 0.29) is 24.1 Å². The van der Waals surface area contributed by atoms with Crippen LogP contribution in [-0.4, -0.2) is 62.9 Å². The summed E-state index contributed by atoms with van der Waals surface area (Å²) in [6.45, 7) is 4.34. The van der Waals surface area contributed by atoms with E-state index in [1.807, 2.05) is 13.1 Å². The Bertz CT molecular complexity index is 1080. The molecule has 1 atom stereocenters. The van der Waals surface area contributed by atoms with Crippen molar-refractivity contribution in [3.8, 4) is 0 Å². The van der Waals surface area contributed by atoms with E-state index in [0.29, 0.717) is 17.8 Å². The number of aromatic nitrogens is 2. The fourth-order valence-electron chi connectivity index (χ4n) is 4.06. The first-order chi connectivity index (χ1) is 16.5. The van der Waals surface area contributed by atoms with Gasteiger partial charge in [0, 0.05) is 43.0 Å². The van der Waals surface area contributed by atoms with Gasteiger partial charge >= 0.3 is 0 Å². The molecule has 1 unspecified atom stereocenters. The van der Waals surface area contributed by atoms with Gasteiger partial charge in [0.1, 0.15) is 5.25 Å². The molecule has 34 heavy (non-hydrogen) atoms. The highest BCUT2D eigenvalue weighted by Gasteiger charge is 2.33. The normalized spacial score (nSPS) is 18.0. The summed E-state index contributed by atoms with van der Waals surface area (Å²) in [5.41, 5.74) is 3.19. The minimum atomic E-state index is -0.498. The van der Waals surface area contributed by atoms with Gasteiger partial charge in [-0.25, -0.2) is 0 Å². The van der Waals surface area contributed by atoms with E-state index < -0.39 is 5.25 Å². The smallest absolute Gasteiger partial charge is 0.262 e. The third-order valence-corrected chi connectivity index (χ3v) is 7.19. The molecule has 1 saturated heterocycles. The molecule has 1 aromatic carbocycles. The van der Waals surface area contributed by atoms with E-state index in [1.165, 1.54) is 18.2 Å². The molecular formula is C24H30N6O3S. The molecule has 0 radical (unpaired) electrons. The molecule has 3 amide bonds. The zero-order valence-corrected chi connectivity index (χ0v) is 20.1. The topological polar surface area (TPSA) is 120 Å². The number of nitrogens with zero attached hydrogens (tertiary/aromatic N) is 3. The number of amidine groups is 1. The van der Waals surface area contributed by atoms with E-state index in [9.17, 15) is 14.4 Å². The van der Waals surface area contributed by atoms with Crippen LogP contribution in [0.15, 0.2) is 35.5 Å². The Kier molecular flexibility index (Phi) is 7.99. The van der Waals surface area contributed by atoms with Gasteiger partial charge in [-0.3, -0.25) is 19.5 Å². The quantitative estimate of drug-likeness (QED) is 0.498. The first kappa shape index (κ1) is 24.0. The maximum Gasteiger partial charge on any atom is 0.262 e. The number of hydrogen-bond donors (Lipinski definition) is 3. The van der Waals surface area contributed by atoms with E-state index in [2.05, 4.69) is 30.7 Å². The Balaban J connectivity index is 1.23. The number of anilines is 1. The maximum absolute atomic E-state index is 12.6. The highest BCUT2D eigenvalue weighted by molar-refractivity contribution is 8.15. The Hall–Kier alpha value is -3.14. The van der Waals surface area contributed by atoms with Crippen LogP contribution in [0.2, 0.25) is 0 Å². The number of carbonyl (C=O) groups excluding carboxylic acids is 3. The van der Waals surface area contributed by atoms with Gasteiger partial charge in [0.2, 0.25) is 5.91 Å². The van der Waals surface area contributed by atoms with Crippen LogP contribution in [0, 0.1) is 6.92 Å². The molecule has 0 aliphatic carbocycles. The van der Waals surface area contributed by atoms with Crippen molar-refractivity contribution in [1.82, 2.24) is 20.4 Å². The van der Waals surface area contributed by atoms with E-state index >= 15 is 0 Å². The molecule has 1 aromatic heterocycles. The van der Waals surface area contributed by atoms with Crippen molar-refractivity contribution >= 4 is 40.3 Å². The lowest BCUT2D eigenvalue weighted by Gasteiger charge is -2.27. The van der Waals surface area contributed by atoms with Crippen molar-refractivity contribution in [1.29, 1.82) is 0 Å². The predicted molar refractivity (Wildman–Crippen MR) is 133 cm³/mol. The number of piperidine rings is 1. The van der Waals surface area contributed by atoms with Crippen LogP contribution in [-0.2, 0) is 16.0 Å². The van der Waals surface area contributed by atoms with Gasteiger partial charge in [0.05, 0.1) is 6.20 Å². The van der Waals surface area contributed by atoms with E-state index in [0.717, 1.165) is 55.2 Å². The fourth-order valence-corrected chi connectivity index (χ4v) is 5.18. The van der Waals surface area contributed by atoms with Crippen LogP contribution >= 0.6 is 11.8 Å². The van der Waals surface area contributed by atoms with Crippen LogP contribution in [0.1, 0.15) is 53.7 Å². The minimum absolute atomic E-state index is 0.0498. The zero-order chi connectivity index (χ0) is 23.9. The number of aliphatic imine (C=N–C) groups is 1. The molecule has 10 heteroatoms. The number of H-pyrrole nitrogens is 1. The molecule has 3 N–H and O–H groups in total. The van der Waals surface area contributed by atoms with E-state index in [4.69, 9.17) is 0 Å². The van der Waals surface area contributed by atoms with Gasteiger partial charge in [0.15, 0.2) is 5.17 Å². The fraction of sp³-hybridized carbons (Fsp3) is 0.458. The summed E-state index contributed by atoms with van der Waals surface area (Å²) >= 11 is 1.38. The number of thioether (sulfide) groups is 1. The van der Waals surface area contributed by atoms with Crippen LogP contribution < -0.4 is 10.6 Å². The number of rotatable bonds is 8. The number of aryl methyl sites for hydroxylation is 2. The molecule has 0 saturated carbocycles. The first-order valence-corrected chi connectivity index (χ1v) is 12.6. The number of likely N-dealkylation sites (tertiary alicyclic amines) is 1. The third kappa shape index (κ3) is 6.25. The van der Waals surface area contributed by atoms with Gasteiger partial charge in [-0.15, -0.1) is 0 Å². The second-order valence-corrected chi connectivity index (χ2v) is 9.77. The summed E-state index contributed by atoms with van der Waals surface area (Å²) in [4.78, 5) is 43.7. The maximum atomic E-state index is 12.6. The lowest BCUT2D eigenvalue weighted by molar-refractivity contribution is -0.121. The Morgan fingerprint density at radius 2 is 2.06 bits per heavy atom. The monoisotopic (exact) mass is 482 g/mol. The standard InChI is InChI=1S/C24H30N6O3S/c1-16-18(15-26-29-16)8-6-10-25-22(32)17-7-5-9-19(13-17)27-21(31)14-20-23(33)28-24(34-20)30-11-3-2-4-12-30/h5,7,9,13,15,20H,2-4,6,8,10-12,14H2,1H3,(H,25,32)(H,26,29)(H,27,31). The van der Waals surface area contributed by atoms with Crippen molar-refractivity contribution in [2.75, 3.05) is 25.0 Å². The number of benzene rings is 1. The van der Waals surface area contributed by atoms with Gasteiger partial charge < -0.3 is 15.5 Å². The Labute approximate surface area is 203 Å². The largest absolute Gasteiger partial charge is 0.352 e. The number of amides is 3. The minimum Gasteiger partial charge on any atom is -0.352 e. The Morgan fingerprint density at radius 1 is 1.24 bits per heavy atom. The molecule has 9 nitrogen and oxygen atoms in total. The molecule has 2 aliphatic heterocycles. The summed E-state index contributed by atoms with van der Waals surface area (Å²) in [6.07, 6.45) is 6.91. The third-order valence-electron chi connectivity index (χ3n) is 5.98.